The zero-order chi connectivity index (χ0) is 20.4. The Morgan fingerprint density at radius 2 is 2.17 bits per heavy atom. The van der Waals surface area contributed by atoms with E-state index in [1.54, 1.807) is 19.4 Å². The summed E-state index contributed by atoms with van der Waals surface area (Å²) < 4.78 is 5.08. The lowest BCUT2D eigenvalue weighted by molar-refractivity contribution is -0.119. The average molecular weight is 393 g/mol. The molecule has 1 aliphatic heterocycles. The van der Waals surface area contributed by atoms with Gasteiger partial charge >= 0.3 is 0 Å². The second-order valence-corrected chi connectivity index (χ2v) is 8.16. The zero-order valence-corrected chi connectivity index (χ0v) is 17.3. The summed E-state index contributed by atoms with van der Waals surface area (Å²) in [7, 11) is 3.73. The first kappa shape index (κ1) is 19.6. The number of piperidine rings is 1. The number of hydrogen-bond acceptors (Lipinski definition) is 5. The Morgan fingerprint density at radius 1 is 1.31 bits per heavy atom. The van der Waals surface area contributed by atoms with Gasteiger partial charge in [0.15, 0.2) is 0 Å². The summed E-state index contributed by atoms with van der Waals surface area (Å²) in [5.74, 6) is 2.22. The number of likely N-dealkylation sites (tertiary alicyclic amines) is 1. The van der Waals surface area contributed by atoms with Gasteiger partial charge in [-0.1, -0.05) is 12.1 Å². The van der Waals surface area contributed by atoms with Crippen LogP contribution in [0.25, 0.3) is 11.0 Å². The minimum Gasteiger partial charge on any atom is -0.481 e. The highest BCUT2D eigenvalue weighted by Gasteiger charge is 2.30. The van der Waals surface area contributed by atoms with Crippen LogP contribution in [0.4, 0.5) is 0 Å². The number of nitrogens with zero attached hydrogens (tertiary/aromatic N) is 3. The molecule has 3 aromatic rings. The van der Waals surface area contributed by atoms with Crippen molar-refractivity contribution in [3.05, 3.63) is 53.5 Å². The van der Waals surface area contributed by atoms with Gasteiger partial charge in [0, 0.05) is 25.1 Å². The van der Waals surface area contributed by atoms with E-state index in [4.69, 9.17) is 9.72 Å². The van der Waals surface area contributed by atoms with Crippen molar-refractivity contribution in [2.75, 3.05) is 20.7 Å². The first-order chi connectivity index (χ1) is 14.0. The van der Waals surface area contributed by atoms with E-state index in [9.17, 15) is 4.79 Å². The molecule has 0 unspecified atom stereocenters. The fourth-order valence-electron chi connectivity index (χ4n) is 4.22. The number of aromatic amines is 1. The lowest BCUT2D eigenvalue weighted by Crippen LogP contribution is -2.35. The number of ether oxygens (including phenoxy) is 1. The lowest BCUT2D eigenvalue weighted by Gasteiger charge is -2.35. The van der Waals surface area contributed by atoms with Crippen molar-refractivity contribution in [3.63, 3.8) is 0 Å². The zero-order valence-electron chi connectivity index (χ0n) is 17.3. The van der Waals surface area contributed by atoms with E-state index in [0.29, 0.717) is 24.6 Å². The minimum atomic E-state index is 0.219. The van der Waals surface area contributed by atoms with Crippen LogP contribution in [0.3, 0.4) is 0 Å². The maximum Gasteiger partial charge on any atom is 0.212 e. The smallest absolute Gasteiger partial charge is 0.212 e. The molecule has 152 valence electrons. The Hall–Kier alpha value is -2.73. The summed E-state index contributed by atoms with van der Waals surface area (Å²) in [5.41, 5.74) is 4.25. The number of Topliss-reactive ketones (excluding diaryl/α,β-unsaturated/α-hetero) is 1. The molecular formula is C23H28N4O2. The van der Waals surface area contributed by atoms with Crippen molar-refractivity contribution in [1.29, 1.82) is 0 Å². The highest BCUT2D eigenvalue weighted by Crippen LogP contribution is 2.34. The number of methoxy groups -OCH3 is 1. The summed E-state index contributed by atoms with van der Waals surface area (Å²) in [6, 6.07) is 10.2. The van der Waals surface area contributed by atoms with Crippen LogP contribution in [0.2, 0.25) is 0 Å². The van der Waals surface area contributed by atoms with Crippen LogP contribution in [-0.4, -0.2) is 46.3 Å². The van der Waals surface area contributed by atoms with Gasteiger partial charge in [-0.3, -0.25) is 9.69 Å². The Morgan fingerprint density at radius 3 is 2.93 bits per heavy atom. The Bertz CT molecular complexity index is 996. The molecule has 1 fully saturated rings. The first-order valence-electron chi connectivity index (χ1n) is 10.2. The lowest BCUT2D eigenvalue weighted by atomic mass is 9.86. The molecule has 1 aliphatic rings. The second-order valence-electron chi connectivity index (χ2n) is 8.16. The number of ketones is 1. The van der Waals surface area contributed by atoms with E-state index < -0.39 is 0 Å². The van der Waals surface area contributed by atoms with Gasteiger partial charge in [0.25, 0.3) is 0 Å². The molecule has 6 nitrogen and oxygen atoms in total. The Kier molecular flexibility index (Phi) is 5.62. The largest absolute Gasteiger partial charge is 0.481 e. The highest BCUT2D eigenvalue weighted by atomic mass is 16.5. The number of H-pyrrole nitrogens is 1. The topological polar surface area (TPSA) is 71.1 Å². The molecular weight excluding hydrogens is 364 g/mol. The van der Waals surface area contributed by atoms with Crippen LogP contribution in [0.1, 0.15) is 42.3 Å². The fraction of sp³-hybridized carbons (Fsp3) is 0.435. The maximum absolute atomic E-state index is 12.6. The summed E-state index contributed by atoms with van der Waals surface area (Å²) in [4.78, 5) is 27.5. The third kappa shape index (κ3) is 4.48. The van der Waals surface area contributed by atoms with Gasteiger partial charge in [-0.2, -0.15) is 0 Å². The molecule has 1 saturated heterocycles. The van der Waals surface area contributed by atoms with Gasteiger partial charge in [-0.05, 0) is 62.5 Å². The number of aromatic nitrogens is 3. The highest BCUT2D eigenvalue weighted by molar-refractivity contribution is 5.81. The van der Waals surface area contributed by atoms with Gasteiger partial charge in [-0.25, -0.2) is 9.97 Å². The molecule has 0 spiro atoms. The van der Waals surface area contributed by atoms with E-state index in [0.717, 1.165) is 41.8 Å². The van der Waals surface area contributed by atoms with Crippen molar-refractivity contribution in [2.24, 2.45) is 5.92 Å². The number of benzene rings is 1. The number of rotatable bonds is 6. The van der Waals surface area contributed by atoms with Crippen LogP contribution in [0, 0.1) is 12.8 Å². The molecule has 4 rings (SSSR count). The number of fused-ring (bicyclic) bond motifs is 1. The van der Waals surface area contributed by atoms with Gasteiger partial charge < -0.3 is 9.72 Å². The third-order valence-corrected chi connectivity index (χ3v) is 5.87. The molecule has 0 radical (unpaired) electrons. The maximum atomic E-state index is 12.6. The molecule has 0 amide bonds. The molecule has 3 heterocycles. The number of nitrogens with one attached hydrogen (secondary N) is 1. The summed E-state index contributed by atoms with van der Waals surface area (Å²) in [6.07, 6.45) is 4.75. The number of aryl methyl sites for hydroxylation is 1. The van der Waals surface area contributed by atoms with Gasteiger partial charge in [0.05, 0.1) is 24.2 Å². The van der Waals surface area contributed by atoms with Crippen molar-refractivity contribution in [3.8, 4) is 5.88 Å². The Balaban J connectivity index is 1.41. The van der Waals surface area contributed by atoms with Crippen molar-refractivity contribution in [2.45, 2.75) is 38.6 Å². The summed E-state index contributed by atoms with van der Waals surface area (Å²) in [5, 5.41) is 0. The molecule has 0 aliphatic carbocycles. The molecule has 1 aromatic carbocycles. The molecule has 29 heavy (non-hydrogen) atoms. The Labute approximate surface area is 171 Å². The number of imidazole rings is 1. The van der Waals surface area contributed by atoms with Crippen LogP contribution in [0.5, 0.6) is 5.88 Å². The molecule has 2 aromatic heterocycles. The number of hydrogen-bond donors (Lipinski definition) is 1. The molecule has 0 saturated carbocycles. The van der Waals surface area contributed by atoms with Crippen molar-refractivity contribution in [1.82, 2.24) is 19.9 Å². The predicted molar refractivity (Wildman–Crippen MR) is 113 cm³/mol. The first-order valence-corrected chi connectivity index (χ1v) is 10.2. The van der Waals surface area contributed by atoms with Crippen LogP contribution in [0.15, 0.2) is 36.5 Å². The number of carbonyl (C=O) groups excluding carboxylic acids is 1. The number of carbonyl (C=O) groups is 1. The van der Waals surface area contributed by atoms with E-state index in [-0.39, 0.29) is 11.8 Å². The van der Waals surface area contributed by atoms with Gasteiger partial charge in [-0.15, -0.1) is 0 Å². The molecule has 0 bridgehead atoms. The van der Waals surface area contributed by atoms with Crippen molar-refractivity contribution < 1.29 is 9.53 Å². The van der Waals surface area contributed by atoms with E-state index in [1.807, 2.05) is 6.07 Å². The summed E-state index contributed by atoms with van der Waals surface area (Å²) >= 11 is 0. The normalized spacial score (nSPS) is 20.1. The van der Waals surface area contributed by atoms with E-state index in [2.05, 4.69) is 47.0 Å². The van der Waals surface area contributed by atoms with Crippen LogP contribution >= 0.6 is 0 Å². The van der Waals surface area contributed by atoms with Gasteiger partial charge in [0.1, 0.15) is 11.6 Å². The van der Waals surface area contributed by atoms with Gasteiger partial charge in [0.2, 0.25) is 5.88 Å². The van der Waals surface area contributed by atoms with Crippen LogP contribution < -0.4 is 4.74 Å². The SMILES string of the molecule is COc1ccc(CC(=O)C[C@@H]2CCN(C)[C@@H](c3nc4ccc(C)cc4[nH]3)C2)cn1. The standard InChI is InChI=1S/C23H28N4O2/c1-15-4-6-19-20(10-15)26-23(25-19)21-13-16(8-9-27(21)2)11-18(28)12-17-5-7-22(29-3)24-14-17/h4-7,10,14,16,21H,8-9,11-13H2,1-3H3,(H,25,26)/t16-,21+/m0/s1. The quantitative estimate of drug-likeness (QED) is 0.690. The van der Waals surface area contributed by atoms with E-state index in [1.165, 1.54) is 5.56 Å². The fourth-order valence-corrected chi connectivity index (χ4v) is 4.22. The molecule has 6 heteroatoms. The third-order valence-electron chi connectivity index (χ3n) is 5.87. The number of pyridine rings is 1. The van der Waals surface area contributed by atoms with Crippen molar-refractivity contribution >= 4 is 16.8 Å². The molecule has 2 atom stereocenters. The van der Waals surface area contributed by atoms with Crippen LogP contribution in [-0.2, 0) is 11.2 Å². The predicted octanol–water partition coefficient (Wildman–Crippen LogP) is 3.86. The monoisotopic (exact) mass is 392 g/mol. The molecule has 1 N–H and O–H groups in total. The second kappa shape index (κ2) is 8.33. The average Bonchev–Trinajstić information content (AvgIpc) is 3.13. The summed E-state index contributed by atoms with van der Waals surface area (Å²) in [6.45, 7) is 3.06. The van der Waals surface area contributed by atoms with E-state index >= 15 is 0 Å². The minimum absolute atomic E-state index is 0.219.